The Hall–Kier alpha value is -2.67. The van der Waals surface area contributed by atoms with Crippen LogP contribution in [0, 0.1) is 5.82 Å². The lowest BCUT2D eigenvalue weighted by Gasteiger charge is -2.20. The van der Waals surface area contributed by atoms with Gasteiger partial charge in [-0.05, 0) is 43.1 Å². The first-order chi connectivity index (χ1) is 11.6. The fourth-order valence-electron chi connectivity index (χ4n) is 2.61. The highest BCUT2D eigenvalue weighted by molar-refractivity contribution is 6.00. The van der Waals surface area contributed by atoms with E-state index in [0.29, 0.717) is 30.6 Å². The van der Waals surface area contributed by atoms with Crippen molar-refractivity contribution in [1.82, 2.24) is 10.6 Å². The molecule has 2 heterocycles. The zero-order valence-electron chi connectivity index (χ0n) is 13.2. The van der Waals surface area contributed by atoms with Gasteiger partial charge in [-0.1, -0.05) is 6.07 Å². The Kier molecular flexibility index (Phi) is 4.61. The molecule has 0 saturated carbocycles. The van der Waals surface area contributed by atoms with Crippen molar-refractivity contribution < 1.29 is 18.4 Å². The van der Waals surface area contributed by atoms with Crippen molar-refractivity contribution in [1.29, 1.82) is 0 Å². The van der Waals surface area contributed by atoms with Crippen LogP contribution in [0.2, 0.25) is 0 Å². The van der Waals surface area contributed by atoms with Crippen LogP contribution in [-0.4, -0.2) is 24.4 Å². The van der Waals surface area contributed by atoms with Crippen LogP contribution in [0.5, 0.6) is 0 Å². The number of halogens is 1. The van der Waals surface area contributed by atoms with E-state index in [1.165, 1.54) is 25.5 Å². The SMILES string of the molecule is CC(NC(=O)c1ccoc1)C(=O)Nc1ccc2c(c1F)CCNC2. The zero-order chi connectivity index (χ0) is 17.1. The van der Waals surface area contributed by atoms with Gasteiger partial charge >= 0.3 is 0 Å². The molecule has 0 aliphatic carbocycles. The van der Waals surface area contributed by atoms with Crippen LogP contribution < -0.4 is 16.0 Å². The summed E-state index contributed by atoms with van der Waals surface area (Å²) >= 11 is 0. The Morgan fingerprint density at radius 3 is 2.92 bits per heavy atom. The number of fused-ring (bicyclic) bond motifs is 1. The molecule has 126 valence electrons. The van der Waals surface area contributed by atoms with E-state index >= 15 is 0 Å². The highest BCUT2D eigenvalue weighted by atomic mass is 19.1. The summed E-state index contributed by atoms with van der Waals surface area (Å²) in [6.07, 6.45) is 3.24. The van der Waals surface area contributed by atoms with Crippen molar-refractivity contribution in [3.05, 3.63) is 53.2 Å². The predicted octanol–water partition coefficient (Wildman–Crippen LogP) is 1.82. The van der Waals surface area contributed by atoms with E-state index < -0.39 is 23.7 Å². The average molecular weight is 331 g/mol. The summed E-state index contributed by atoms with van der Waals surface area (Å²) in [7, 11) is 0. The molecule has 0 saturated heterocycles. The zero-order valence-corrected chi connectivity index (χ0v) is 13.2. The summed E-state index contributed by atoms with van der Waals surface area (Å²) < 4.78 is 19.3. The molecular formula is C17H18FN3O3. The van der Waals surface area contributed by atoms with Gasteiger partial charge in [-0.2, -0.15) is 0 Å². The first-order valence-corrected chi connectivity index (χ1v) is 7.71. The lowest BCUT2D eigenvalue weighted by Crippen LogP contribution is -2.41. The van der Waals surface area contributed by atoms with Crippen molar-refractivity contribution in [3.8, 4) is 0 Å². The molecule has 1 aliphatic heterocycles. The highest BCUT2D eigenvalue weighted by Crippen LogP contribution is 2.24. The van der Waals surface area contributed by atoms with Gasteiger partial charge in [0, 0.05) is 6.54 Å². The summed E-state index contributed by atoms with van der Waals surface area (Å²) in [4.78, 5) is 24.1. The van der Waals surface area contributed by atoms with Crippen LogP contribution in [0.3, 0.4) is 0 Å². The van der Waals surface area contributed by atoms with E-state index in [-0.39, 0.29) is 5.69 Å². The van der Waals surface area contributed by atoms with Crippen molar-refractivity contribution in [3.63, 3.8) is 0 Å². The third-order valence-electron chi connectivity index (χ3n) is 3.99. The summed E-state index contributed by atoms with van der Waals surface area (Å²) in [6.45, 7) is 2.86. The minimum atomic E-state index is -0.815. The molecule has 0 spiro atoms. The van der Waals surface area contributed by atoms with Gasteiger partial charge in [-0.3, -0.25) is 9.59 Å². The molecule has 1 aromatic heterocycles. The third-order valence-corrected chi connectivity index (χ3v) is 3.99. The molecular weight excluding hydrogens is 313 g/mol. The molecule has 0 radical (unpaired) electrons. The number of hydrogen-bond donors (Lipinski definition) is 3. The number of benzene rings is 1. The normalized spacial score (nSPS) is 14.6. The fourth-order valence-corrected chi connectivity index (χ4v) is 2.61. The standard InChI is InChI=1S/C17H18FN3O3/c1-10(20-17(23)12-5-7-24-9-12)16(22)21-14-3-2-11-8-19-6-4-13(11)15(14)18/h2-3,5,7,9-10,19H,4,6,8H2,1H3,(H,20,23)(H,21,22). The molecule has 24 heavy (non-hydrogen) atoms. The second kappa shape index (κ2) is 6.84. The summed E-state index contributed by atoms with van der Waals surface area (Å²) in [5.74, 6) is -1.32. The number of carbonyl (C=O) groups excluding carboxylic acids is 2. The van der Waals surface area contributed by atoms with Gasteiger partial charge in [-0.25, -0.2) is 4.39 Å². The molecule has 2 amide bonds. The number of amides is 2. The fraction of sp³-hybridized carbons (Fsp3) is 0.294. The van der Waals surface area contributed by atoms with Gasteiger partial charge < -0.3 is 20.4 Å². The van der Waals surface area contributed by atoms with E-state index in [0.717, 1.165) is 5.56 Å². The molecule has 2 aromatic rings. The topological polar surface area (TPSA) is 83.4 Å². The van der Waals surface area contributed by atoms with Crippen LogP contribution in [0.4, 0.5) is 10.1 Å². The average Bonchev–Trinajstić information content (AvgIpc) is 3.12. The minimum absolute atomic E-state index is 0.130. The summed E-state index contributed by atoms with van der Waals surface area (Å²) in [6, 6.07) is 4.03. The maximum atomic E-state index is 14.5. The lowest BCUT2D eigenvalue weighted by atomic mass is 9.99. The molecule has 0 fully saturated rings. The summed E-state index contributed by atoms with van der Waals surface area (Å²) in [5.41, 5.74) is 1.98. The van der Waals surface area contributed by atoms with Crippen molar-refractivity contribution in [2.45, 2.75) is 25.9 Å². The van der Waals surface area contributed by atoms with Crippen LogP contribution in [-0.2, 0) is 17.8 Å². The Balaban J connectivity index is 1.67. The largest absolute Gasteiger partial charge is 0.472 e. The van der Waals surface area contributed by atoms with E-state index in [9.17, 15) is 14.0 Å². The van der Waals surface area contributed by atoms with E-state index in [1.807, 2.05) is 0 Å². The van der Waals surface area contributed by atoms with Gasteiger partial charge in [0.15, 0.2) is 0 Å². The van der Waals surface area contributed by atoms with E-state index in [2.05, 4.69) is 16.0 Å². The quantitative estimate of drug-likeness (QED) is 0.798. The lowest BCUT2D eigenvalue weighted by molar-refractivity contribution is -0.117. The van der Waals surface area contributed by atoms with Gasteiger partial charge in [0.2, 0.25) is 5.91 Å². The van der Waals surface area contributed by atoms with Gasteiger partial charge in [0.05, 0.1) is 17.5 Å². The van der Waals surface area contributed by atoms with Crippen LogP contribution >= 0.6 is 0 Å². The Morgan fingerprint density at radius 2 is 2.17 bits per heavy atom. The predicted molar refractivity (Wildman–Crippen MR) is 86.1 cm³/mol. The first kappa shape index (κ1) is 16.2. The highest BCUT2D eigenvalue weighted by Gasteiger charge is 2.21. The van der Waals surface area contributed by atoms with Gasteiger partial charge in [0.25, 0.3) is 5.91 Å². The number of rotatable bonds is 4. The molecule has 1 unspecified atom stereocenters. The van der Waals surface area contributed by atoms with Crippen molar-refractivity contribution in [2.24, 2.45) is 0 Å². The molecule has 0 bridgehead atoms. The van der Waals surface area contributed by atoms with Gasteiger partial charge in [0.1, 0.15) is 18.1 Å². The monoisotopic (exact) mass is 331 g/mol. The van der Waals surface area contributed by atoms with Crippen molar-refractivity contribution >= 4 is 17.5 Å². The molecule has 3 N–H and O–H groups in total. The van der Waals surface area contributed by atoms with Gasteiger partial charge in [-0.15, -0.1) is 0 Å². The number of anilines is 1. The van der Waals surface area contributed by atoms with Crippen LogP contribution in [0.25, 0.3) is 0 Å². The Morgan fingerprint density at radius 1 is 1.33 bits per heavy atom. The van der Waals surface area contributed by atoms with E-state index in [4.69, 9.17) is 4.42 Å². The molecule has 1 aliphatic rings. The number of nitrogens with one attached hydrogen (secondary N) is 3. The molecule has 7 heteroatoms. The first-order valence-electron chi connectivity index (χ1n) is 7.71. The smallest absolute Gasteiger partial charge is 0.255 e. The van der Waals surface area contributed by atoms with Crippen molar-refractivity contribution in [2.75, 3.05) is 11.9 Å². The van der Waals surface area contributed by atoms with Crippen LogP contribution in [0.15, 0.2) is 35.1 Å². The Bertz CT molecular complexity index is 759. The molecule has 1 aromatic carbocycles. The number of carbonyl (C=O) groups is 2. The third kappa shape index (κ3) is 3.30. The number of furan rings is 1. The second-order valence-corrected chi connectivity index (χ2v) is 5.69. The van der Waals surface area contributed by atoms with Crippen LogP contribution in [0.1, 0.15) is 28.4 Å². The minimum Gasteiger partial charge on any atom is -0.472 e. The maximum Gasteiger partial charge on any atom is 0.255 e. The summed E-state index contributed by atoms with van der Waals surface area (Å²) in [5, 5.41) is 8.25. The second-order valence-electron chi connectivity index (χ2n) is 5.69. The Labute approximate surface area is 138 Å². The molecule has 1 atom stereocenters. The van der Waals surface area contributed by atoms with E-state index in [1.54, 1.807) is 12.1 Å². The molecule has 6 nitrogen and oxygen atoms in total. The maximum absolute atomic E-state index is 14.5. The molecule has 3 rings (SSSR count). The number of hydrogen-bond acceptors (Lipinski definition) is 4.